The minimum Gasteiger partial charge on any atom is -0.467 e. The first kappa shape index (κ1) is 15.0. The first-order valence-electron chi connectivity index (χ1n) is 5.13. The molecule has 0 saturated carbocycles. The Hall–Kier alpha value is -1.02. The molecule has 5 nitrogen and oxygen atoms in total. The largest absolute Gasteiger partial charge is 0.467 e. The van der Waals surface area contributed by atoms with Gasteiger partial charge in [0.15, 0.2) is 6.10 Å². The van der Waals surface area contributed by atoms with Crippen molar-refractivity contribution in [1.29, 1.82) is 0 Å². The van der Waals surface area contributed by atoms with Gasteiger partial charge >= 0.3 is 5.97 Å². The quantitative estimate of drug-likeness (QED) is 0.477. The van der Waals surface area contributed by atoms with Crippen LogP contribution in [0, 0.1) is 5.82 Å². The molecule has 0 unspecified atom stereocenters. The molecule has 100 valence electrons. The Morgan fingerprint density at radius 1 is 1.67 bits per heavy atom. The van der Waals surface area contributed by atoms with Crippen LogP contribution in [-0.4, -0.2) is 35.8 Å². The average Bonchev–Trinajstić information content (AvgIpc) is 2.31. The van der Waals surface area contributed by atoms with Gasteiger partial charge in [-0.2, -0.15) is 0 Å². The zero-order valence-electron chi connectivity index (χ0n) is 9.77. The Balaban J connectivity index is 2.59. The van der Waals surface area contributed by atoms with Crippen molar-refractivity contribution in [2.45, 2.75) is 12.6 Å². The fourth-order valence-corrected chi connectivity index (χ4v) is 1.70. The molecule has 0 aliphatic rings. The molecular formula is C11H14BrFN2O3. The lowest BCUT2D eigenvalue weighted by Crippen LogP contribution is -2.41. The van der Waals surface area contributed by atoms with Gasteiger partial charge in [-0.15, -0.1) is 0 Å². The Morgan fingerprint density at radius 3 is 2.89 bits per heavy atom. The number of ether oxygens (including phenoxy) is 1. The number of hydrogen-bond acceptors (Lipinski definition) is 5. The monoisotopic (exact) mass is 320 g/mol. The number of carbonyl (C=O) groups is 1. The maximum atomic E-state index is 13.5. The highest BCUT2D eigenvalue weighted by Crippen LogP contribution is 2.16. The number of hydrazine groups is 1. The molecule has 0 amide bonds. The topological polar surface area (TPSA) is 75.8 Å². The van der Waals surface area contributed by atoms with Gasteiger partial charge in [-0.1, -0.05) is 22.0 Å². The number of aliphatic hydroxyl groups is 1. The van der Waals surface area contributed by atoms with Gasteiger partial charge in [-0.05, 0) is 12.1 Å². The minimum atomic E-state index is -1.35. The number of aliphatic hydroxyl groups excluding tert-OH is 1. The smallest absolute Gasteiger partial charge is 0.336 e. The summed E-state index contributed by atoms with van der Waals surface area (Å²) < 4.78 is 18.5. The van der Waals surface area contributed by atoms with Crippen molar-refractivity contribution in [2.75, 3.05) is 13.7 Å². The predicted octanol–water partition coefficient (Wildman–Crippen LogP) is 0.798. The van der Waals surface area contributed by atoms with Crippen LogP contribution in [0.5, 0.6) is 0 Å². The molecule has 1 atom stereocenters. The third-order valence-corrected chi connectivity index (χ3v) is 2.76. The van der Waals surface area contributed by atoms with E-state index in [1.165, 1.54) is 13.2 Å². The standard InChI is InChI=1S/C11H14BrFN2O3/c1-18-11(17)10(16)6-15(14)5-7-2-3-8(12)4-9(7)13/h2-4,10,16H,5-6,14H2,1H3/t10-/m1/s1. The van der Waals surface area contributed by atoms with Crippen LogP contribution in [0.2, 0.25) is 0 Å². The van der Waals surface area contributed by atoms with E-state index in [0.29, 0.717) is 10.0 Å². The van der Waals surface area contributed by atoms with E-state index in [9.17, 15) is 14.3 Å². The van der Waals surface area contributed by atoms with Crippen molar-refractivity contribution < 1.29 is 19.0 Å². The molecular weight excluding hydrogens is 307 g/mol. The summed E-state index contributed by atoms with van der Waals surface area (Å²) >= 11 is 3.15. The van der Waals surface area contributed by atoms with E-state index in [1.54, 1.807) is 12.1 Å². The maximum Gasteiger partial charge on any atom is 0.336 e. The van der Waals surface area contributed by atoms with Crippen LogP contribution in [0.4, 0.5) is 4.39 Å². The molecule has 0 aromatic heterocycles. The van der Waals surface area contributed by atoms with Gasteiger partial charge < -0.3 is 9.84 Å². The lowest BCUT2D eigenvalue weighted by Gasteiger charge is -2.19. The van der Waals surface area contributed by atoms with Crippen LogP contribution in [-0.2, 0) is 16.1 Å². The molecule has 1 aromatic rings. The second kappa shape index (κ2) is 6.79. The highest BCUT2D eigenvalue weighted by atomic mass is 79.9. The molecule has 0 fully saturated rings. The van der Waals surface area contributed by atoms with Gasteiger partial charge in [0.1, 0.15) is 5.82 Å². The summed E-state index contributed by atoms with van der Waals surface area (Å²) in [7, 11) is 1.17. The Labute approximate surface area is 112 Å². The summed E-state index contributed by atoms with van der Waals surface area (Å²) in [6.07, 6.45) is -1.35. The number of nitrogens with zero attached hydrogens (tertiary/aromatic N) is 1. The van der Waals surface area contributed by atoms with Crippen molar-refractivity contribution in [3.05, 3.63) is 34.1 Å². The van der Waals surface area contributed by atoms with Crippen molar-refractivity contribution in [2.24, 2.45) is 5.84 Å². The highest BCUT2D eigenvalue weighted by molar-refractivity contribution is 9.10. The molecule has 1 aromatic carbocycles. The average molecular weight is 321 g/mol. The number of halogens is 2. The normalized spacial score (nSPS) is 12.6. The Kier molecular flexibility index (Phi) is 5.67. The van der Waals surface area contributed by atoms with Gasteiger partial charge in [0.05, 0.1) is 13.7 Å². The third kappa shape index (κ3) is 4.34. The Morgan fingerprint density at radius 2 is 2.33 bits per heavy atom. The van der Waals surface area contributed by atoms with E-state index in [0.717, 1.165) is 5.01 Å². The van der Waals surface area contributed by atoms with E-state index < -0.39 is 17.9 Å². The molecule has 0 aliphatic heterocycles. The number of methoxy groups -OCH3 is 1. The zero-order chi connectivity index (χ0) is 13.7. The van der Waals surface area contributed by atoms with Crippen molar-refractivity contribution >= 4 is 21.9 Å². The van der Waals surface area contributed by atoms with E-state index in [4.69, 9.17) is 5.84 Å². The summed E-state index contributed by atoms with van der Waals surface area (Å²) in [4.78, 5) is 11.0. The summed E-state index contributed by atoms with van der Waals surface area (Å²) in [6.45, 7) is -0.0602. The number of esters is 1. The van der Waals surface area contributed by atoms with E-state index in [2.05, 4.69) is 20.7 Å². The van der Waals surface area contributed by atoms with Crippen LogP contribution < -0.4 is 5.84 Å². The van der Waals surface area contributed by atoms with Gasteiger partial charge in [0, 0.05) is 16.6 Å². The molecule has 3 N–H and O–H groups in total. The summed E-state index contributed by atoms with van der Waals surface area (Å²) in [5, 5.41) is 10.5. The zero-order valence-corrected chi connectivity index (χ0v) is 11.4. The molecule has 0 radical (unpaired) electrons. The second-order valence-electron chi connectivity index (χ2n) is 3.70. The number of benzene rings is 1. The second-order valence-corrected chi connectivity index (χ2v) is 4.62. The van der Waals surface area contributed by atoms with Gasteiger partial charge in [0.2, 0.25) is 0 Å². The van der Waals surface area contributed by atoms with E-state index >= 15 is 0 Å². The fourth-order valence-electron chi connectivity index (χ4n) is 1.37. The van der Waals surface area contributed by atoms with Crippen LogP contribution in [0.3, 0.4) is 0 Å². The third-order valence-electron chi connectivity index (χ3n) is 2.27. The minimum absolute atomic E-state index is 0.0766. The lowest BCUT2D eigenvalue weighted by molar-refractivity contribution is -0.151. The lowest BCUT2D eigenvalue weighted by atomic mass is 10.2. The number of nitrogens with two attached hydrogens (primary N) is 1. The van der Waals surface area contributed by atoms with Gasteiger partial charge in [-0.25, -0.2) is 14.2 Å². The maximum absolute atomic E-state index is 13.5. The first-order chi connectivity index (χ1) is 8.43. The van der Waals surface area contributed by atoms with Crippen LogP contribution in [0.1, 0.15) is 5.56 Å². The molecule has 1 rings (SSSR count). The number of hydrogen-bond donors (Lipinski definition) is 2. The molecule has 0 bridgehead atoms. The van der Waals surface area contributed by atoms with Gasteiger partial charge in [-0.3, -0.25) is 5.84 Å². The van der Waals surface area contributed by atoms with Crippen molar-refractivity contribution in [3.63, 3.8) is 0 Å². The van der Waals surface area contributed by atoms with E-state index in [-0.39, 0.29) is 13.1 Å². The van der Waals surface area contributed by atoms with E-state index in [1.807, 2.05) is 0 Å². The highest BCUT2D eigenvalue weighted by Gasteiger charge is 2.18. The van der Waals surface area contributed by atoms with Gasteiger partial charge in [0.25, 0.3) is 0 Å². The molecule has 18 heavy (non-hydrogen) atoms. The van der Waals surface area contributed by atoms with Crippen molar-refractivity contribution in [3.8, 4) is 0 Å². The SMILES string of the molecule is COC(=O)[C@H](O)CN(N)Cc1ccc(Br)cc1F. The van der Waals surface area contributed by atoms with Crippen LogP contribution in [0.25, 0.3) is 0 Å². The first-order valence-corrected chi connectivity index (χ1v) is 5.92. The molecule has 0 saturated heterocycles. The van der Waals surface area contributed by atoms with Crippen molar-refractivity contribution in [1.82, 2.24) is 5.01 Å². The Bertz CT molecular complexity index is 431. The molecule has 0 spiro atoms. The summed E-state index contributed by atoms with van der Waals surface area (Å²) in [6, 6.07) is 4.58. The summed E-state index contributed by atoms with van der Waals surface area (Å²) in [5.74, 6) is 4.41. The number of rotatable bonds is 5. The predicted molar refractivity (Wildman–Crippen MR) is 66.7 cm³/mol. The van der Waals surface area contributed by atoms with Crippen LogP contribution in [0.15, 0.2) is 22.7 Å². The molecule has 7 heteroatoms. The molecule has 0 heterocycles. The number of carbonyl (C=O) groups excluding carboxylic acids is 1. The summed E-state index contributed by atoms with van der Waals surface area (Å²) in [5.41, 5.74) is 0.373. The fraction of sp³-hybridized carbons (Fsp3) is 0.364. The van der Waals surface area contributed by atoms with Crippen LogP contribution >= 0.6 is 15.9 Å². The molecule has 0 aliphatic carbocycles.